The Morgan fingerprint density at radius 2 is 1.88 bits per heavy atom. The van der Waals surface area contributed by atoms with E-state index in [9.17, 15) is 14.7 Å². The molecule has 2 aliphatic rings. The second kappa shape index (κ2) is 6.31. The molecule has 1 saturated carbocycles. The van der Waals surface area contributed by atoms with Gasteiger partial charge in [-0.2, -0.15) is 5.10 Å². The average Bonchev–Trinajstić information content (AvgIpc) is 3.29. The highest BCUT2D eigenvalue weighted by Gasteiger charge is 2.47. The summed E-state index contributed by atoms with van der Waals surface area (Å²) in [5, 5.41) is 13.6. The van der Waals surface area contributed by atoms with E-state index in [0.29, 0.717) is 17.9 Å². The Bertz CT molecular complexity index is 772. The van der Waals surface area contributed by atoms with Crippen LogP contribution in [0.2, 0.25) is 0 Å². The molecule has 3 atom stereocenters. The van der Waals surface area contributed by atoms with Gasteiger partial charge in [-0.25, -0.2) is 14.5 Å². The maximum absolute atomic E-state index is 13.0. The third-order valence-electron chi connectivity index (χ3n) is 5.41. The molecule has 1 aliphatic heterocycles. The molecule has 1 aromatic heterocycles. The number of carbonyl (C=O) groups is 2. The molecule has 0 spiro atoms. The minimum atomic E-state index is -0.901. The zero-order valence-electron chi connectivity index (χ0n) is 13.8. The Balaban J connectivity index is 1.61. The molecule has 7 nitrogen and oxygen atoms in total. The lowest BCUT2D eigenvalue weighted by atomic mass is 9.84. The summed E-state index contributed by atoms with van der Waals surface area (Å²) >= 11 is 0. The Kier molecular flexibility index (Phi) is 3.99. The van der Waals surface area contributed by atoms with Crippen molar-refractivity contribution in [3.63, 3.8) is 0 Å². The van der Waals surface area contributed by atoms with Gasteiger partial charge in [0.05, 0.1) is 5.69 Å². The van der Waals surface area contributed by atoms with E-state index in [1.807, 2.05) is 0 Å². The van der Waals surface area contributed by atoms with Crippen molar-refractivity contribution in [2.75, 3.05) is 0 Å². The van der Waals surface area contributed by atoms with E-state index >= 15 is 0 Å². The van der Waals surface area contributed by atoms with E-state index in [4.69, 9.17) is 0 Å². The first kappa shape index (κ1) is 15.8. The summed E-state index contributed by atoms with van der Waals surface area (Å²) in [6, 6.07) is 6.40. The van der Waals surface area contributed by atoms with Gasteiger partial charge in [-0.1, -0.05) is 12.8 Å². The summed E-state index contributed by atoms with van der Waals surface area (Å²) in [6.07, 6.45) is 7.71. The van der Waals surface area contributed by atoms with Gasteiger partial charge in [-0.05, 0) is 49.4 Å². The van der Waals surface area contributed by atoms with Crippen molar-refractivity contribution in [1.82, 2.24) is 19.7 Å². The number of amides is 1. The van der Waals surface area contributed by atoms with Crippen molar-refractivity contribution < 1.29 is 14.7 Å². The van der Waals surface area contributed by atoms with Crippen molar-refractivity contribution >= 4 is 11.9 Å². The maximum atomic E-state index is 13.0. The number of benzene rings is 1. The molecule has 1 N–H and O–H groups in total. The molecule has 1 amide bonds. The minimum Gasteiger partial charge on any atom is -0.480 e. The van der Waals surface area contributed by atoms with Crippen LogP contribution in [0.4, 0.5) is 0 Å². The van der Waals surface area contributed by atoms with Crippen molar-refractivity contribution in [3.8, 4) is 5.69 Å². The molecule has 25 heavy (non-hydrogen) atoms. The van der Waals surface area contributed by atoms with Gasteiger partial charge in [0.25, 0.3) is 5.91 Å². The van der Waals surface area contributed by atoms with E-state index in [1.165, 1.54) is 6.33 Å². The third kappa shape index (κ3) is 2.79. The van der Waals surface area contributed by atoms with Crippen LogP contribution in [0.5, 0.6) is 0 Å². The topological polar surface area (TPSA) is 88.3 Å². The largest absolute Gasteiger partial charge is 0.480 e. The van der Waals surface area contributed by atoms with Crippen LogP contribution in [0.3, 0.4) is 0 Å². The van der Waals surface area contributed by atoms with Gasteiger partial charge in [0.15, 0.2) is 0 Å². The SMILES string of the molecule is O=C(O)[C@@H]1C[C@H]2CCCC[C@H]2N1C(=O)c1ccc(-n2cncn2)cc1. The third-order valence-corrected chi connectivity index (χ3v) is 5.41. The second-order valence-corrected chi connectivity index (χ2v) is 6.80. The summed E-state index contributed by atoms with van der Waals surface area (Å²) in [5.74, 6) is -0.776. The fourth-order valence-corrected chi connectivity index (χ4v) is 4.22. The van der Waals surface area contributed by atoms with Crippen LogP contribution in [-0.4, -0.2) is 48.7 Å². The van der Waals surface area contributed by atoms with Gasteiger partial charge < -0.3 is 10.0 Å². The van der Waals surface area contributed by atoms with Crippen LogP contribution >= 0.6 is 0 Å². The van der Waals surface area contributed by atoms with Crippen molar-refractivity contribution in [2.45, 2.75) is 44.2 Å². The molecule has 4 rings (SSSR count). The minimum absolute atomic E-state index is 0.0531. The first-order valence-corrected chi connectivity index (χ1v) is 8.65. The molecule has 2 aromatic rings. The Labute approximate surface area is 145 Å². The summed E-state index contributed by atoms with van der Waals surface area (Å²) in [5.41, 5.74) is 1.32. The van der Waals surface area contributed by atoms with Gasteiger partial charge in [0, 0.05) is 11.6 Å². The summed E-state index contributed by atoms with van der Waals surface area (Å²) in [6.45, 7) is 0. The van der Waals surface area contributed by atoms with Crippen molar-refractivity contribution in [3.05, 3.63) is 42.5 Å². The Morgan fingerprint density at radius 1 is 1.12 bits per heavy atom. The zero-order chi connectivity index (χ0) is 17.4. The number of rotatable bonds is 3. The standard InChI is InChI=1S/C18H20N4O3/c23-17(12-5-7-14(8-6-12)21-11-19-10-20-21)22-15-4-2-1-3-13(15)9-16(22)18(24)25/h5-8,10-11,13,15-16H,1-4,9H2,(H,24,25)/t13-,15-,16+/m1/s1. The summed E-state index contributed by atoms with van der Waals surface area (Å²) in [7, 11) is 0. The number of hydrogen-bond acceptors (Lipinski definition) is 4. The van der Waals surface area contributed by atoms with Crippen LogP contribution < -0.4 is 0 Å². The number of carboxylic acid groups (broad SMARTS) is 1. The van der Waals surface area contributed by atoms with E-state index in [1.54, 1.807) is 40.2 Å². The number of aromatic nitrogens is 3. The lowest BCUT2D eigenvalue weighted by molar-refractivity contribution is -0.141. The number of carbonyl (C=O) groups excluding carboxylic acids is 1. The van der Waals surface area contributed by atoms with Crippen LogP contribution in [0.25, 0.3) is 5.69 Å². The highest BCUT2D eigenvalue weighted by Crippen LogP contribution is 2.40. The molecule has 7 heteroatoms. The number of carboxylic acids is 1. The molecule has 1 aromatic carbocycles. The maximum Gasteiger partial charge on any atom is 0.326 e. The highest BCUT2D eigenvalue weighted by molar-refractivity contribution is 5.97. The Hall–Kier alpha value is -2.70. The smallest absolute Gasteiger partial charge is 0.326 e. The van der Waals surface area contributed by atoms with Crippen LogP contribution in [-0.2, 0) is 4.79 Å². The van der Waals surface area contributed by atoms with Gasteiger partial charge in [-0.15, -0.1) is 0 Å². The van der Waals surface area contributed by atoms with E-state index in [0.717, 1.165) is 31.4 Å². The fourth-order valence-electron chi connectivity index (χ4n) is 4.22. The van der Waals surface area contributed by atoms with Gasteiger partial charge in [0.2, 0.25) is 0 Å². The fraction of sp³-hybridized carbons (Fsp3) is 0.444. The van der Waals surface area contributed by atoms with Gasteiger partial charge in [-0.3, -0.25) is 4.79 Å². The second-order valence-electron chi connectivity index (χ2n) is 6.80. The average molecular weight is 340 g/mol. The molecule has 2 heterocycles. The first-order chi connectivity index (χ1) is 12.1. The summed E-state index contributed by atoms with van der Waals surface area (Å²) < 4.78 is 1.61. The highest BCUT2D eigenvalue weighted by atomic mass is 16.4. The number of hydrogen-bond donors (Lipinski definition) is 1. The normalized spacial score (nSPS) is 25.6. The molecule has 1 aliphatic carbocycles. The molecule has 1 saturated heterocycles. The lowest BCUT2D eigenvalue weighted by Gasteiger charge is -2.33. The van der Waals surface area contributed by atoms with Crippen LogP contribution in [0, 0.1) is 5.92 Å². The quantitative estimate of drug-likeness (QED) is 0.924. The molecule has 0 bridgehead atoms. The monoisotopic (exact) mass is 340 g/mol. The zero-order valence-corrected chi connectivity index (χ0v) is 13.8. The van der Waals surface area contributed by atoms with Crippen LogP contribution in [0.15, 0.2) is 36.9 Å². The molecule has 0 radical (unpaired) electrons. The molecule has 0 unspecified atom stereocenters. The molecule has 130 valence electrons. The predicted molar refractivity (Wildman–Crippen MR) is 89.3 cm³/mol. The first-order valence-electron chi connectivity index (χ1n) is 8.65. The number of likely N-dealkylation sites (tertiary alicyclic amines) is 1. The van der Waals surface area contributed by atoms with E-state index in [-0.39, 0.29) is 11.9 Å². The van der Waals surface area contributed by atoms with Gasteiger partial charge >= 0.3 is 5.97 Å². The summed E-state index contributed by atoms with van der Waals surface area (Å²) in [4.78, 5) is 30.3. The van der Waals surface area contributed by atoms with Crippen molar-refractivity contribution in [1.29, 1.82) is 0 Å². The van der Waals surface area contributed by atoms with E-state index in [2.05, 4.69) is 10.1 Å². The molecular weight excluding hydrogens is 320 g/mol. The van der Waals surface area contributed by atoms with Crippen molar-refractivity contribution in [2.24, 2.45) is 5.92 Å². The van der Waals surface area contributed by atoms with Crippen LogP contribution in [0.1, 0.15) is 42.5 Å². The molecular formula is C18H20N4O3. The number of aliphatic carboxylic acids is 1. The lowest BCUT2D eigenvalue weighted by Crippen LogP contribution is -2.46. The predicted octanol–water partition coefficient (Wildman–Crippen LogP) is 2.13. The Morgan fingerprint density at radius 3 is 2.56 bits per heavy atom. The van der Waals surface area contributed by atoms with E-state index < -0.39 is 12.0 Å². The number of nitrogens with zero attached hydrogens (tertiary/aromatic N) is 4. The molecule has 2 fully saturated rings. The number of fused-ring (bicyclic) bond motifs is 1. The van der Waals surface area contributed by atoms with Gasteiger partial charge in [0.1, 0.15) is 18.7 Å².